The van der Waals surface area contributed by atoms with Crippen LogP contribution in [-0.2, 0) is 41.7 Å². The Hall–Kier alpha value is -3.93. The van der Waals surface area contributed by atoms with Gasteiger partial charge < -0.3 is 14.4 Å². The van der Waals surface area contributed by atoms with Crippen molar-refractivity contribution < 1.29 is 29.5 Å². The van der Waals surface area contributed by atoms with Crippen molar-refractivity contribution >= 4 is 48.7 Å². The Balaban J connectivity index is 0.00000386. The van der Waals surface area contributed by atoms with Gasteiger partial charge in [-0.1, -0.05) is 71.3 Å². The number of anilines is 3. The number of fused-ring (bicyclic) bond motifs is 4. The number of para-hydroxylation sites is 1. The van der Waals surface area contributed by atoms with Crippen molar-refractivity contribution in [2.75, 3.05) is 16.8 Å². The van der Waals surface area contributed by atoms with E-state index < -0.39 is 9.84 Å². The van der Waals surface area contributed by atoms with E-state index in [9.17, 15) is 8.42 Å². The summed E-state index contributed by atoms with van der Waals surface area (Å²) in [5.74, 6) is 0.722. The third-order valence-electron chi connectivity index (χ3n) is 8.76. The van der Waals surface area contributed by atoms with Crippen molar-refractivity contribution in [1.29, 1.82) is 0 Å². The first-order chi connectivity index (χ1) is 21.7. The van der Waals surface area contributed by atoms with Crippen molar-refractivity contribution in [2.45, 2.75) is 62.2 Å². The summed E-state index contributed by atoms with van der Waals surface area (Å²) in [6.45, 7) is 15.0. The number of rotatable bonds is 4. The molecular weight excluding hydrogens is 784 g/mol. The van der Waals surface area contributed by atoms with Crippen molar-refractivity contribution in [2.24, 2.45) is 0 Å². The van der Waals surface area contributed by atoms with Gasteiger partial charge in [-0.25, -0.2) is 13.4 Å². The average Bonchev–Trinajstić information content (AvgIpc) is 3.54. The Bertz CT molecular complexity index is 2260. The SMILES string of the molecule is CN1[CH-]N(c2[c-]c(S(=O)(=O)c3[c-]c4c(cc3)c3ccccc3n4-c3cc(C(C)(C)C)ccn3)ccc2)c2cc(C(C)(C)C)ccc21.[Pt]. The molecule has 0 fully saturated rings. The van der Waals surface area contributed by atoms with Crippen LogP contribution in [0.3, 0.4) is 0 Å². The summed E-state index contributed by atoms with van der Waals surface area (Å²) in [4.78, 5) is 8.94. The van der Waals surface area contributed by atoms with Crippen LogP contribution in [0.4, 0.5) is 17.1 Å². The molecule has 8 heteroatoms. The third-order valence-corrected chi connectivity index (χ3v) is 10.4. The maximum atomic E-state index is 14.3. The zero-order valence-electron chi connectivity index (χ0n) is 27.6. The van der Waals surface area contributed by atoms with Gasteiger partial charge in [0, 0.05) is 44.2 Å². The second kappa shape index (κ2) is 11.6. The van der Waals surface area contributed by atoms with Crippen LogP contribution in [-0.4, -0.2) is 25.0 Å². The molecule has 1 aliphatic rings. The molecule has 7 rings (SSSR count). The molecule has 0 atom stereocenters. The van der Waals surface area contributed by atoms with Crippen LogP contribution in [0, 0.1) is 18.8 Å². The molecular formula is C39H37N4O2PtS-3. The molecule has 0 N–H and O–H groups in total. The van der Waals surface area contributed by atoms with Crippen LogP contribution in [0.25, 0.3) is 27.6 Å². The molecule has 3 heterocycles. The summed E-state index contributed by atoms with van der Waals surface area (Å²) in [6.07, 6.45) is 1.81. The number of pyridine rings is 1. The second-order valence-corrected chi connectivity index (χ2v) is 15.9. The molecule has 0 saturated carbocycles. The minimum absolute atomic E-state index is 0. The molecule has 0 amide bonds. The first-order valence-electron chi connectivity index (χ1n) is 15.4. The van der Waals surface area contributed by atoms with E-state index in [2.05, 4.69) is 77.9 Å². The van der Waals surface area contributed by atoms with E-state index in [0.29, 0.717) is 11.2 Å². The van der Waals surface area contributed by atoms with E-state index in [1.54, 1.807) is 18.2 Å². The molecule has 0 bridgehead atoms. The number of nitrogens with zero attached hydrogens (tertiary/aromatic N) is 4. The summed E-state index contributed by atoms with van der Waals surface area (Å²) < 4.78 is 30.5. The van der Waals surface area contributed by atoms with Gasteiger partial charge in [-0.05, 0) is 74.5 Å². The fraction of sp³-hybridized carbons (Fsp3) is 0.231. The largest absolute Gasteiger partial charge is 0.504 e. The molecule has 0 unspecified atom stereocenters. The smallest absolute Gasteiger partial charge is 0.160 e. The van der Waals surface area contributed by atoms with E-state index in [1.807, 2.05) is 76.7 Å². The molecule has 4 aromatic carbocycles. The van der Waals surface area contributed by atoms with Crippen molar-refractivity contribution in [3.8, 4) is 5.82 Å². The summed E-state index contributed by atoms with van der Waals surface area (Å²) in [6, 6.07) is 33.9. The summed E-state index contributed by atoms with van der Waals surface area (Å²) in [7, 11) is -1.98. The maximum absolute atomic E-state index is 14.3. The van der Waals surface area contributed by atoms with Crippen LogP contribution in [0.5, 0.6) is 0 Å². The fourth-order valence-corrected chi connectivity index (χ4v) is 7.31. The molecule has 1 aliphatic heterocycles. The van der Waals surface area contributed by atoms with Crippen LogP contribution in [0.2, 0.25) is 0 Å². The predicted molar refractivity (Wildman–Crippen MR) is 187 cm³/mol. The van der Waals surface area contributed by atoms with E-state index in [4.69, 9.17) is 4.98 Å². The summed E-state index contributed by atoms with van der Waals surface area (Å²) in [5.41, 5.74) is 6.52. The molecule has 0 radical (unpaired) electrons. The predicted octanol–water partition coefficient (Wildman–Crippen LogP) is 8.91. The first kappa shape index (κ1) is 33.0. The van der Waals surface area contributed by atoms with Gasteiger partial charge in [0.2, 0.25) is 0 Å². The van der Waals surface area contributed by atoms with Crippen LogP contribution < -0.4 is 9.80 Å². The van der Waals surface area contributed by atoms with Crippen molar-refractivity contribution in [3.63, 3.8) is 0 Å². The monoisotopic (exact) mass is 820 g/mol. The Morgan fingerprint density at radius 1 is 0.723 bits per heavy atom. The van der Waals surface area contributed by atoms with Gasteiger partial charge in [0.1, 0.15) is 5.82 Å². The molecule has 47 heavy (non-hydrogen) atoms. The zero-order chi connectivity index (χ0) is 32.6. The normalized spacial score (nSPS) is 13.7. The van der Waals surface area contributed by atoms with Gasteiger partial charge in [-0.3, -0.25) is 0 Å². The summed E-state index contributed by atoms with van der Waals surface area (Å²) in [5, 5.41) is 1.92. The Kier molecular flexibility index (Phi) is 8.17. The quantitative estimate of drug-likeness (QED) is 0.167. The van der Waals surface area contributed by atoms with E-state index in [-0.39, 0.29) is 41.7 Å². The molecule has 6 aromatic rings. The van der Waals surface area contributed by atoms with Gasteiger partial charge >= 0.3 is 0 Å². The van der Waals surface area contributed by atoms with Crippen molar-refractivity contribution in [3.05, 3.63) is 121 Å². The molecule has 2 aromatic heterocycles. The standard InChI is InChI=1S/C39H37N4O2S.Pt/c1-38(2,3)26-15-18-34-36(21-26)42(25-41(34)7)28-11-10-12-29(23-28)46(44,45)30-16-17-32-31-13-8-9-14-33(31)43(35(32)24-30)37-22-27(19-20-40-37)39(4,5)6;/h8-22,25H,1-7H3;/q-3;. The number of hydrogen-bond acceptors (Lipinski definition) is 5. The van der Waals surface area contributed by atoms with Gasteiger partial charge in [0.25, 0.3) is 0 Å². The Labute approximate surface area is 292 Å². The Morgan fingerprint density at radius 2 is 1.43 bits per heavy atom. The number of aromatic nitrogens is 2. The van der Waals surface area contributed by atoms with Crippen LogP contribution in [0.15, 0.2) is 101 Å². The average molecular weight is 821 g/mol. The minimum Gasteiger partial charge on any atom is -0.504 e. The summed E-state index contributed by atoms with van der Waals surface area (Å²) >= 11 is 0. The van der Waals surface area contributed by atoms with Crippen LogP contribution in [0.1, 0.15) is 52.7 Å². The fourth-order valence-electron chi connectivity index (χ4n) is 6.10. The zero-order valence-corrected chi connectivity index (χ0v) is 30.7. The first-order valence-corrected chi connectivity index (χ1v) is 16.9. The molecule has 0 aliphatic carbocycles. The van der Waals surface area contributed by atoms with Crippen molar-refractivity contribution in [1.82, 2.24) is 9.55 Å². The number of benzene rings is 4. The topological polar surface area (TPSA) is 58.4 Å². The van der Waals surface area contributed by atoms with Gasteiger partial charge in [0.05, 0.1) is 0 Å². The number of sulfone groups is 1. The van der Waals surface area contributed by atoms with Gasteiger partial charge in [-0.15, -0.1) is 29.3 Å². The molecule has 0 saturated heterocycles. The molecule has 6 nitrogen and oxygen atoms in total. The molecule has 244 valence electrons. The minimum atomic E-state index is -3.97. The van der Waals surface area contributed by atoms with E-state index >= 15 is 0 Å². The van der Waals surface area contributed by atoms with Gasteiger partial charge in [-0.2, -0.15) is 30.9 Å². The van der Waals surface area contributed by atoms with Crippen LogP contribution >= 0.6 is 0 Å². The van der Waals surface area contributed by atoms with E-state index in [1.165, 1.54) is 5.56 Å². The molecule has 0 spiro atoms. The Morgan fingerprint density at radius 3 is 2.17 bits per heavy atom. The number of hydrogen-bond donors (Lipinski definition) is 0. The third kappa shape index (κ3) is 5.68. The van der Waals surface area contributed by atoms with Gasteiger partial charge in [0.15, 0.2) is 9.84 Å². The van der Waals surface area contributed by atoms with E-state index in [0.717, 1.165) is 39.0 Å². The maximum Gasteiger partial charge on any atom is 0.160 e. The second-order valence-electron chi connectivity index (χ2n) is 14.0.